The van der Waals surface area contributed by atoms with Crippen LogP contribution >= 0.6 is 0 Å². The maximum atomic E-state index is 12.6. The summed E-state index contributed by atoms with van der Waals surface area (Å²) >= 11 is 0. The minimum atomic E-state index is -0.838. The second kappa shape index (κ2) is 10.9. The quantitative estimate of drug-likeness (QED) is 0.489. The Labute approximate surface area is 168 Å². The van der Waals surface area contributed by atoms with Crippen molar-refractivity contribution in [3.05, 3.63) is 40.3 Å². The summed E-state index contributed by atoms with van der Waals surface area (Å²) < 4.78 is 6.27. The van der Waals surface area contributed by atoms with Gasteiger partial charge in [0.05, 0.1) is 5.39 Å². The highest BCUT2D eigenvalue weighted by Crippen LogP contribution is 2.14. The summed E-state index contributed by atoms with van der Waals surface area (Å²) in [4.78, 5) is 48.4. The van der Waals surface area contributed by atoms with Gasteiger partial charge in [-0.3, -0.25) is 14.9 Å². The third-order valence-electron chi connectivity index (χ3n) is 4.16. The van der Waals surface area contributed by atoms with Gasteiger partial charge < -0.3 is 10.1 Å². The van der Waals surface area contributed by atoms with E-state index in [1.807, 2.05) is 13.8 Å². The van der Waals surface area contributed by atoms with Crippen LogP contribution in [0.15, 0.2) is 29.1 Å². The number of hydrogen-bond acceptors (Lipinski definition) is 6. The van der Waals surface area contributed by atoms with E-state index >= 15 is 0 Å². The first-order chi connectivity index (χ1) is 14.0. The zero-order valence-corrected chi connectivity index (χ0v) is 16.7. The Hall–Kier alpha value is -3.23. The highest BCUT2D eigenvalue weighted by Gasteiger charge is 2.19. The van der Waals surface area contributed by atoms with E-state index in [9.17, 15) is 19.2 Å². The number of rotatable bonds is 9. The largest absolute Gasteiger partial charge is 0.451 e. The number of esters is 1. The highest BCUT2D eigenvalue weighted by atomic mass is 16.5. The molecule has 0 unspecified atom stereocenters. The van der Waals surface area contributed by atoms with Gasteiger partial charge in [-0.2, -0.15) is 5.10 Å². The maximum absolute atomic E-state index is 12.6. The molecule has 29 heavy (non-hydrogen) atoms. The summed E-state index contributed by atoms with van der Waals surface area (Å²) in [5.74, 6) is -1.60. The molecule has 9 heteroatoms. The number of hydrogen-bond donors (Lipinski definition) is 2. The molecule has 0 aliphatic rings. The second-order valence-corrected chi connectivity index (χ2v) is 6.51. The van der Waals surface area contributed by atoms with Crippen LogP contribution in [0.3, 0.4) is 0 Å². The molecular weight excluding hydrogens is 376 g/mol. The van der Waals surface area contributed by atoms with Crippen LogP contribution in [0.1, 0.15) is 50.0 Å². The molecule has 9 nitrogen and oxygen atoms in total. The number of carbonyl (C=O) groups excluding carboxylic acids is 3. The summed E-state index contributed by atoms with van der Waals surface area (Å²) in [6.07, 6.45) is 3.40. The van der Waals surface area contributed by atoms with E-state index in [1.54, 1.807) is 24.3 Å². The monoisotopic (exact) mass is 402 g/mol. The van der Waals surface area contributed by atoms with Gasteiger partial charge in [0.15, 0.2) is 12.3 Å². The minimum Gasteiger partial charge on any atom is -0.451 e. The molecule has 2 N–H and O–H groups in total. The van der Waals surface area contributed by atoms with Gasteiger partial charge in [0.2, 0.25) is 0 Å². The predicted molar refractivity (Wildman–Crippen MR) is 108 cm³/mol. The van der Waals surface area contributed by atoms with Crippen molar-refractivity contribution < 1.29 is 19.1 Å². The fourth-order valence-corrected chi connectivity index (χ4v) is 2.69. The number of nitrogens with zero attached hydrogens (tertiary/aromatic N) is 2. The Morgan fingerprint density at radius 1 is 1.07 bits per heavy atom. The van der Waals surface area contributed by atoms with Gasteiger partial charge in [-0.1, -0.05) is 44.9 Å². The first-order valence-corrected chi connectivity index (χ1v) is 9.72. The van der Waals surface area contributed by atoms with Gasteiger partial charge in [-0.15, -0.1) is 0 Å². The molecule has 0 radical (unpaired) electrons. The van der Waals surface area contributed by atoms with Crippen molar-refractivity contribution in [1.29, 1.82) is 0 Å². The van der Waals surface area contributed by atoms with Crippen LogP contribution in [0.5, 0.6) is 0 Å². The summed E-state index contributed by atoms with van der Waals surface area (Å²) in [5, 5.41) is 9.44. The number of aromatic nitrogens is 2. The molecule has 2 rings (SSSR count). The molecule has 156 valence electrons. The number of ether oxygens (including phenoxy) is 1. The van der Waals surface area contributed by atoms with Crippen LogP contribution in [0.25, 0.3) is 10.8 Å². The van der Waals surface area contributed by atoms with Crippen molar-refractivity contribution >= 4 is 28.7 Å². The molecule has 1 aromatic carbocycles. The lowest BCUT2D eigenvalue weighted by Gasteiger charge is -2.11. The zero-order valence-electron chi connectivity index (χ0n) is 16.7. The van der Waals surface area contributed by atoms with E-state index in [-0.39, 0.29) is 11.3 Å². The number of fused-ring (bicyclic) bond motifs is 1. The van der Waals surface area contributed by atoms with E-state index in [0.29, 0.717) is 23.9 Å². The smallest absolute Gasteiger partial charge is 0.359 e. The standard InChI is InChI=1S/C20H26N4O5/c1-3-5-8-12-24-18(26)15-10-7-6-9-14(15)17(23-24)19(27)29-13-16(25)22-20(28)21-11-4-2/h6-7,9-10H,3-5,8,11-13H2,1-2H3,(H2,21,22,25,28). The Balaban J connectivity index is 2.15. The Kier molecular flexibility index (Phi) is 8.32. The van der Waals surface area contributed by atoms with E-state index in [0.717, 1.165) is 25.7 Å². The lowest BCUT2D eigenvalue weighted by atomic mass is 10.1. The van der Waals surface area contributed by atoms with E-state index in [1.165, 1.54) is 4.68 Å². The van der Waals surface area contributed by atoms with Gasteiger partial charge in [0, 0.05) is 18.5 Å². The average Bonchev–Trinajstić information content (AvgIpc) is 2.72. The van der Waals surface area contributed by atoms with Gasteiger partial charge in [-0.05, 0) is 18.9 Å². The fraction of sp³-hybridized carbons (Fsp3) is 0.450. The first kappa shape index (κ1) is 22.1. The number of amides is 3. The van der Waals surface area contributed by atoms with Crippen LogP contribution in [-0.2, 0) is 16.1 Å². The van der Waals surface area contributed by atoms with Crippen molar-refractivity contribution in [2.24, 2.45) is 0 Å². The third-order valence-corrected chi connectivity index (χ3v) is 4.16. The summed E-state index contributed by atoms with van der Waals surface area (Å²) in [5.41, 5.74) is -0.321. The molecule has 0 atom stereocenters. The highest BCUT2D eigenvalue weighted by molar-refractivity contribution is 6.03. The lowest BCUT2D eigenvalue weighted by molar-refractivity contribution is -0.123. The SMILES string of the molecule is CCCCCn1nc(C(=O)OCC(=O)NC(=O)NCCC)c2ccccc2c1=O. The molecule has 1 aromatic heterocycles. The summed E-state index contributed by atoms with van der Waals surface area (Å²) in [7, 11) is 0. The average molecular weight is 402 g/mol. The molecule has 3 amide bonds. The van der Waals surface area contributed by atoms with Crippen LogP contribution in [0.2, 0.25) is 0 Å². The Morgan fingerprint density at radius 3 is 2.48 bits per heavy atom. The van der Waals surface area contributed by atoms with Crippen LogP contribution in [0, 0.1) is 0 Å². The van der Waals surface area contributed by atoms with Crippen LogP contribution in [-0.4, -0.2) is 40.8 Å². The molecule has 0 aliphatic carbocycles. The van der Waals surface area contributed by atoms with Crippen molar-refractivity contribution in [3.8, 4) is 0 Å². The number of carbonyl (C=O) groups is 3. The lowest BCUT2D eigenvalue weighted by Crippen LogP contribution is -2.41. The van der Waals surface area contributed by atoms with Crippen molar-refractivity contribution in [2.75, 3.05) is 13.2 Å². The topological polar surface area (TPSA) is 119 Å². The number of aryl methyl sites for hydroxylation is 1. The van der Waals surface area contributed by atoms with Gasteiger partial charge >= 0.3 is 12.0 Å². The molecular formula is C20H26N4O5. The second-order valence-electron chi connectivity index (χ2n) is 6.51. The van der Waals surface area contributed by atoms with Gasteiger partial charge in [-0.25, -0.2) is 14.3 Å². The first-order valence-electron chi connectivity index (χ1n) is 9.72. The summed E-state index contributed by atoms with van der Waals surface area (Å²) in [6, 6.07) is 5.97. The van der Waals surface area contributed by atoms with E-state index in [2.05, 4.69) is 15.7 Å². The van der Waals surface area contributed by atoms with Crippen LogP contribution < -0.4 is 16.2 Å². The molecule has 0 saturated carbocycles. The molecule has 2 aromatic rings. The number of benzene rings is 1. The van der Waals surface area contributed by atoms with Crippen LogP contribution in [0.4, 0.5) is 4.79 Å². The van der Waals surface area contributed by atoms with Crippen molar-refractivity contribution in [3.63, 3.8) is 0 Å². The van der Waals surface area contributed by atoms with Crippen molar-refractivity contribution in [2.45, 2.75) is 46.1 Å². The number of urea groups is 1. The predicted octanol–water partition coefficient (Wildman–Crippen LogP) is 1.98. The molecule has 0 spiro atoms. The molecule has 0 fully saturated rings. The maximum Gasteiger partial charge on any atom is 0.359 e. The number of nitrogens with one attached hydrogen (secondary N) is 2. The van der Waals surface area contributed by atoms with Gasteiger partial charge in [0.25, 0.3) is 11.5 Å². The zero-order chi connectivity index (χ0) is 21.2. The number of unbranched alkanes of at least 4 members (excludes halogenated alkanes) is 2. The minimum absolute atomic E-state index is 0.0417. The number of imide groups is 1. The molecule has 0 aliphatic heterocycles. The van der Waals surface area contributed by atoms with E-state index < -0.39 is 24.5 Å². The Bertz CT molecular complexity index is 938. The molecule has 0 bridgehead atoms. The fourth-order valence-electron chi connectivity index (χ4n) is 2.69. The summed E-state index contributed by atoms with van der Waals surface area (Å²) in [6.45, 7) is 4.10. The normalized spacial score (nSPS) is 10.6. The third kappa shape index (κ3) is 6.13. The van der Waals surface area contributed by atoms with Gasteiger partial charge in [0.1, 0.15) is 0 Å². The Morgan fingerprint density at radius 2 is 1.79 bits per heavy atom. The van der Waals surface area contributed by atoms with E-state index in [4.69, 9.17) is 4.74 Å². The molecule has 0 saturated heterocycles. The van der Waals surface area contributed by atoms with Crippen molar-refractivity contribution in [1.82, 2.24) is 20.4 Å². The molecule has 1 heterocycles.